The zero-order valence-corrected chi connectivity index (χ0v) is 8.35. The van der Waals surface area contributed by atoms with Crippen LogP contribution in [0.4, 0.5) is 0 Å². The Morgan fingerprint density at radius 1 is 0.867 bits per heavy atom. The third-order valence-electron chi connectivity index (χ3n) is 2.82. The van der Waals surface area contributed by atoms with Crippen LogP contribution in [0.2, 0.25) is 0 Å². The number of rotatable bonds is 0. The second-order valence-electron chi connectivity index (χ2n) is 3.78. The molecule has 1 aliphatic rings. The van der Waals surface area contributed by atoms with E-state index in [0.717, 1.165) is 6.42 Å². The van der Waals surface area contributed by atoms with Crippen LogP contribution < -0.4 is 0 Å². The average Bonchev–Trinajstić information content (AvgIpc) is 2.48. The van der Waals surface area contributed by atoms with Crippen molar-refractivity contribution >= 4 is 12.2 Å². The maximum Gasteiger partial charge on any atom is 0.0309 e. The minimum Gasteiger partial charge on any atom is -0.264 e. The molecule has 0 saturated heterocycles. The van der Waals surface area contributed by atoms with Crippen LogP contribution >= 0.6 is 0 Å². The first-order chi connectivity index (χ1) is 7.43. The standard InChI is InChI=1S/C14H11N/c1-2-4-13-9-14-10-15-8-7-12(14)6-5-11(13)3-1/h1-8,10H,9H2. The van der Waals surface area contributed by atoms with Crippen molar-refractivity contribution in [2.45, 2.75) is 6.42 Å². The van der Waals surface area contributed by atoms with Gasteiger partial charge >= 0.3 is 0 Å². The van der Waals surface area contributed by atoms with E-state index >= 15 is 0 Å². The molecule has 1 heteroatoms. The summed E-state index contributed by atoms with van der Waals surface area (Å²) in [4.78, 5) is 4.18. The third kappa shape index (κ3) is 1.46. The predicted octanol–water partition coefficient (Wildman–Crippen LogP) is 3.16. The highest BCUT2D eigenvalue weighted by molar-refractivity contribution is 5.74. The monoisotopic (exact) mass is 193 g/mol. The quantitative estimate of drug-likeness (QED) is 0.534. The van der Waals surface area contributed by atoms with Gasteiger partial charge in [-0.15, -0.1) is 0 Å². The third-order valence-corrected chi connectivity index (χ3v) is 2.82. The van der Waals surface area contributed by atoms with Gasteiger partial charge in [-0.2, -0.15) is 0 Å². The smallest absolute Gasteiger partial charge is 0.0309 e. The van der Waals surface area contributed by atoms with Crippen molar-refractivity contribution in [3.8, 4) is 0 Å². The van der Waals surface area contributed by atoms with Crippen LogP contribution in [-0.4, -0.2) is 4.98 Å². The van der Waals surface area contributed by atoms with Crippen LogP contribution in [-0.2, 0) is 6.42 Å². The number of hydrogen-bond acceptors (Lipinski definition) is 1. The van der Waals surface area contributed by atoms with Crippen molar-refractivity contribution in [2.24, 2.45) is 0 Å². The van der Waals surface area contributed by atoms with Crippen LogP contribution in [0.1, 0.15) is 22.3 Å². The molecule has 1 aromatic carbocycles. The number of aromatic nitrogens is 1. The number of nitrogens with zero attached hydrogens (tertiary/aromatic N) is 1. The van der Waals surface area contributed by atoms with Crippen molar-refractivity contribution in [3.05, 3.63) is 65.0 Å². The first kappa shape index (κ1) is 8.42. The van der Waals surface area contributed by atoms with Gasteiger partial charge in [-0.3, -0.25) is 4.98 Å². The fraction of sp³-hybridized carbons (Fsp3) is 0.0714. The van der Waals surface area contributed by atoms with E-state index in [0.29, 0.717) is 0 Å². The molecule has 1 nitrogen and oxygen atoms in total. The van der Waals surface area contributed by atoms with Gasteiger partial charge in [0, 0.05) is 18.8 Å². The van der Waals surface area contributed by atoms with Crippen LogP contribution in [0, 0.1) is 0 Å². The first-order valence-electron chi connectivity index (χ1n) is 5.12. The summed E-state index contributed by atoms with van der Waals surface area (Å²) < 4.78 is 0. The molecule has 0 spiro atoms. The lowest BCUT2D eigenvalue weighted by molar-refractivity contribution is 1.14. The molecule has 0 unspecified atom stereocenters. The molecule has 0 bridgehead atoms. The number of pyridine rings is 1. The average molecular weight is 193 g/mol. The van der Waals surface area contributed by atoms with Crippen LogP contribution in [0.25, 0.3) is 12.2 Å². The Morgan fingerprint density at radius 2 is 1.67 bits per heavy atom. The first-order valence-corrected chi connectivity index (χ1v) is 5.12. The second-order valence-corrected chi connectivity index (χ2v) is 3.78. The molecule has 1 heterocycles. The van der Waals surface area contributed by atoms with Crippen LogP contribution in [0.3, 0.4) is 0 Å². The number of hydrogen-bond donors (Lipinski definition) is 0. The zero-order valence-electron chi connectivity index (χ0n) is 8.35. The Balaban J connectivity index is 2.19. The number of benzene rings is 1. The van der Waals surface area contributed by atoms with Gasteiger partial charge in [0.2, 0.25) is 0 Å². The summed E-state index contributed by atoms with van der Waals surface area (Å²) in [6, 6.07) is 10.6. The lowest BCUT2D eigenvalue weighted by Crippen LogP contribution is -1.92. The second kappa shape index (κ2) is 3.35. The fourth-order valence-electron chi connectivity index (χ4n) is 1.99. The highest BCUT2D eigenvalue weighted by atomic mass is 14.6. The summed E-state index contributed by atoms with van der Waals surface area (Å²) in [5, 5.41) is 0. The largest absolute Gasteiger partial charge is 0.264 e. The Labute approximate surface area is 89.1 Å². The molecule has 0 atom stereocenters. The van der Waals surface area contributed by atoms with Gasteiger partial charge in [-0.25, -0.2) is 0 Å². The molecule has 0 saturated carbocycles. The zero-order chi connectivity index (χ0) is 10.1. The van der Waals surface area contributed by atoms with E-state index in [2.05, 4.69) is 47.5 Å². The molecule has 0 radical (unpaired) electrons. The summed E-state index contributed by atoms with van der Waals surface area (Å²) in [5.41, 5.74) is 5.27. The van der Waals surface area contributed by atoms with Crippen molar-refractivity contribution in [1.29, 1.82) is 0 Å². The molecule has 1 aliphatic carbocycles. The van der Waals surface area contributed by atoms with Crippen LogP contribution in [0.5, 0.6) is 0 Å². The summed E-state index contributed by atoms with van der Waals surface area (Å²) in [6.07, 6.45) is 9.14. The van der Waals surface area contributed by atoms with Crippen molar-refractivity contribution in [1.82, 2.24) is 4.98 Å². The van der Waals surface area contributed by atoms with Crippen LogP contribution in [0.15, 0.2) is 42.7 Å². The molecular weight excluding hydrogens is 182 g/mol. The van der Waals surface area contributed by atoms with E-state index in [4.69, 9.17) is 0 Å². The normalized spacial score (nSPS) is 12.8. The SMILES string of the molecule is C1=Cc2ccncc2Cc2ccccc21. The molecular formula is C14H11N. The molecule has 1 aromatic heterocycles. The fourth-order valence-corrected chi connectivity index (χ4v) is 1.99. The molecule has 2 aromatic rings. The molecule has 3 rings (SSSR count). The van der Waals surface area contributed by atoms with Gasteiger partial charge in [-0.1, -0.05) is 36.4 Å². The maximum absolute atomic E-state index is 4.18. The molecule has 72 valence electrons. The van der Waals surface area contributed by atoms with Gasteiger partial charge in [0.25, 0.3) is 0 Å². The van der Waals surface area contributed by atoms with Gasteiger partial charge in [0.1, 0.15) is 0 Å². The van der Waals surface area contributed by atoms with E-state index in [1.807, 2.05) is 12.4 Å². The molecule has 0 amide bonds. The van der Waals surface area contributed by atoms with Gasteiger partial charge in [0.05, 0.1) is 0 Å². The predicted molar refractivity (Wildman–Crippen MR) is 62.4 cm³/mol. The van der Waals surface area contributed by atoms with E-state index in [9.17, 15) is 0 Å². The Kier molecular flexibility index (Phi) is 1.88. The van der Waals surface area contributed by atoms with E-state index < -0.39 is 0 Å². The van der Waals surface area contributed by atoms with E-state index in [-0.39, 0.29) is 0 Å². The van der Waals surface area contributed by atoms with Gasteiger partial charge in [0.15, 0.2) is 0 Å². The van der Waals surface area contributed by atoms with Crippen molar-refractivity contribution in [3.63, 3.8) is 0 Å². The van der Waals surface area contributed by atoms with E-state index in [1.165, 1.54) is 22.3 Å². The Bertz CT molecular complexity index is 479. The molecule has 15 heavy (non-hydrogen) atoms. The van der Waals surface area contributed by atoms with Gasteiger partial charge in [-0.05, 0) is 28.3 Å². The van der Waals surface area contributed by atoms with Crippen molar-refractivity contribution < 1.29 is 0 Å². The lowest BCUT2D eigenvalue weighted by atomic mass is 10.0. The van der Waals surface area contributed by atoms with Gasteiger partial charge < -0.3 is 0 Å². The lowest BCUT2D eigenvalue weighted by Gasteiger charge is -2.04. The maximum atomic E-state index is 4.18. The molecule has 0 N–H and O–H groups in total. The Hall–Kier alpha value is -1.89. The Morgan fingerprint density at radius 3 is 2.60 bits per heavy atom. The minimum atomic E-state index is 0.979. The highest BCUT2D eigenvalue weighted by Gasteiger charge is 2.07. The topological polar surface area (TPSA) is 12.9 Å². The number of fused-ring (bicyclic) bond motifs is 2. The molecule has 0 aliphatic heterocycles. The summed E-state index contributed by atoms with van der Waals surface area (Å²) >= 11 is 0. The highest BCUT2D eigenvalue weighted by Crippen LogP contribution is 2.23. The minimum absolute atomic E-state index is 0.979. The summed E-state index contributed by atoms with van der Waals surface area (Å²) in [5.74, 6) is 0. The molecule has 0 fully saturated rings. The summed E-state index contributed by atoms with van der Waals surface area (Å²) in [6.45, 7) is 0. The van der Waals surface area contributed by atoms with Crippen molar-refractivity contribution in [2.75, 3.05) is 0 Å². The summed E-state index contributed by atoms with van der Waals surface area (Å²) in [7, 11) is 0. The van der Waals surface area contributed by atoms with E-state index in [1.54, 1.807) is 0 Å².